The molecule has 3 aromatic carbocycles. The second-order valence-corrected chi connectivity index (χ2v) is 15.6. The number of fused-ring (bicyclic) bond motifs is 2. The average Bonchev–Trinajstić information content (AvgIpc) is 3.68. The number of nitrogens with one attached hydrogen (secondary N) is 1. The van der Waals surface area contributed by atoms with E-state index in [1.807, 2.05) is 78.9 Å². The third-order valence-corrected chi connectivity index (χ3v) is 12.1. The number of nitrogens with zero attached hydrogens (tertiary/aromatic N) is 3. The molecule has 0 saturated carbocycles. The number of benzene rings is 3. The van der Waals surface area contributed by atoms with Gasteiger partial charge in [0.2, 0.25) is 0 Å². The van der Waals surface area contributed by atoms with E-state index in [1.165, 1.54) is 10.8 Å². The molecule has 4 aromatic rings. The Hall–Kier alpha value is -4.38. The van der Waals surface area contributed by atoms with Crippen LogP contribution in [-0.2, 0) is 28.9 Å². The van der Waals surface area contributed by atoms with Crippen molar-refractivity contribution in [2.75, 3.05) is 34.0 Å². The van der Waals surface area contributed by atoms with E-state index >= 15 is 0 Å². The average molecular weight is 773 g/mol. The lowest BCUT2D eigenvalue weighted by atomic mass is 9.79. The van der Waals surface area contributed by atoms with Crippen LogP contribution in [0.2, 0.25) is 0 Å². The number of nitriles is 1. The first-order chi connectivity index (χ1) is 26.5. The smallest absolute Gasteiger partial charge is 0.330 e. The molecule has 2 fully saturated rings. The van der Waals surface area contributed by atoms with Gasteiger partial charge in [0, 0.05) is 23.8 Å². The summed E-state index contributed by atoms with van der Waals surface area (Å²) in [4.78, 5) is 28.2. The highest BCUT2D eigenvalue weighted by Gasteiger charge is 2.65. The van der Waals surface area contributed by atoms with E-state index in [-0.39, 0.29) is 38.3 Å². The van der Waals surface area contributed by atoms with Crippen LogP contribution in [0.3, 0.4) is 0 Å². The second-order valence-electron chi connectivity index (χ2n) is 14.2. The van der Waals surface area contributed by atoms with Crippen LogP contribution >= 0.6 is 8.53 Å². The summed E-state index contributed by atoms with van der Waals surface area (Å²) in [6.07, 6.45) is -0.901. The molecule has 0 radical (unpaired) electrons. The monoisotopic (exact) mass is 772 g/mol. The highest BCUT2D eigenvalue weighted by Crippen LogP contribution is 2.56. The van der Waals surface area contributed by atoms with Crippen LogP contribution in [0.4, 0.5) is 0 Å². The van der Waals surface area contributed by atoms with Crippen molar-refractivity contribution < 1.29 is 32.7 Å². The summed E-state index contributed by atoms with van der Waals surface area (Å²) in [6, 6.07) is 27.6. The van der Waals surface area contributed by atoms with Crippen LogP contribution in [0.15, 0.2) is 94.6 Å². The SMILES string of the molecule is COc1ccc(C(OC[C@@]23CO[C@@H]([C@@H](n4cc(C)c(=O)[nH]c4=O)O2)[C@@H]3OP(OCCC#N)N(C(C)C)C(C)C)(c2ccccc2)c2ccc(OC)cc2)cc1. The van der Waals surface area contributed by atoms with Crippen molar-refractivity contribution in [3.8, 4) is 17.6 Å². The summed E-state index contributed by atoms with van der Waals surface area (Å²) in [5.74, 6) is 1.38. The summed E-state index contributed by atoms with van der Waals surface area (Å²) >= 11 is 0. The van der Waals surface area contributed by atoms with Crippen molar-refractivity contribution in [1.82, 2.24) is 14.2 Å². The molecule has 1 unspecified atom stereocenters. The Bertz CT molecular complexity index is 1990. The molecule has 292 valence electrons. The fourth-order valence-electron chi connectivity index (χ4n) is 7.35. The quantitative estimate of drug-likeness (QED) is 0.0744. The summed E-state index contributed by atoms with van der Waals surface area (Å²) in [5.41, 5.74) is -0.751. The van der Waals surface area contributed by atoms with Crippen molar-refractivity contribution in [3.63, 3.8) is 0 Å². The fourth-order valence-corrected chi connectivity index (χ4v) is 9.16. The van der Waals surface area contributed by atoms with Crippen molar-refractivity contribution in [2.45, 2.75) is 82.8 Å². The third-order valence-electron chi connectivity index (χ3n) is 9.97. The number of H-pyrrole nitrogens is 1. The number of rotatable bonds is 17. The van der Waals surface area contributed by atoms with Gasteiger partial charge < -0.3 is 32.7 Å². The van der Waals surface area contributed by atoms with Gasteiger partial charge in [-0.1, -0.05) is 54.6 Å². The molecule has 2 saturated heterocycles. The minimum Gasteiger partial charge on any atom is -0.497 e. The minimum atomic E-state index is -1.77. The van der Waals surface area contributed by atoms with Gasteiger partial charge in [-0.25, -0.2) is 9.46 Å². The lowest BCUT2D eigenvalue weighted by Crippen LogP contribution is -2.49. The van der Waals surface area contributed by atoms with Gasteiger partial charge >= 0.3 is 5.69 Å². The van der Waals surface area contributed by atoms with Gasteiger partial charge in [0.1, 0.15) is 34.9 Å². The number of aryl methyl sites for hydroxylation is 1. The molecular formula is C41H49N4O9P. The Morgan fingerprint density at radius 3 is 2.07 bits per heavy atom. The van der Waals surface area contributed by atoms with E-state index in [9.17, 15) is 14.9 Å². The Kier molecular flexibility index (Phi) is 12.6. The first-order valence-electron chi connectivity index (χ1n) is 18.3. The Morgan fingerprint density at radius 2 is 1.53 bits per heavy atom. The molecule has 0 aliphatic carbocycles. The lowest BCUT2D eigenvalue weighted by Gasteiger charge is -2.41. The number of hydrogen-bond donors (Lipinski definition) is 1. The zero-order valence-electron chi connectivity index (χ0n) is 32.3. The van der Waals surface area contributed by atoms with Crippen LogP contribution in [0.25, 0.3) is 0 Å². The van der Waals surface area contributed by atoms with Gasteiger partial charge in [-0.05, 0) is 75.6 Å². The summed E-state index contributed by atoms with van der Waals surface area (Å²) in [5, 5.41) is 9.37. The first-order valence-corrected chi connectivity index (χ1v) is 19.5. The highest BCUT2D eigenvalue weighted by molar-refractivity contribution is 7.44. The fraction of sp³-hybridized carbons (Fsp3) is 0.439. The molecule has 2 aliphatic rings. The highest BCUT2D eigenvalue weighted by atomic mass is 31.2. The normalized spacial score (nSPS) is 21.3. The van der Waals surface area contributed by atoms with Crippen LogP contribution < -0.4 is 20.7 Å². The zero-order chi connectivity index (χ0) is 39.3. The number of methoxy groups -OCH3 is 2. The molecule has 0 amide bonds. The molecule has 13 nitrogen and oxygen atoms in total. The van der Waals surface area contributed by atoms with Gasteiger partial charge in [-0.15, -0.1) is 0 Å². The molecule has 55 heavy (non-hydrogen) atoms. The van der Waals surface area contributed by atoms with Gasteiger partial charge in [0.15, 0.2) is 6.23 Å². The van der Waals surface area contributed by atoms with E-state index < -0.39 is 49.4 Å². The van der Waals surface area contributed by atoms with Gasteiger partial charge in [0.25, 0.3) is 14.1 Å². The van der Waals surface area contributed by atoms with E-state index in [4.69, 9.17) is 32.7 Å². The molecule has 1 aromatic heterocycles. The Morgan fingerprint density at radius 1 is 0.945 bits per heavy atom. The minimum absolute atomic E-state index is 0.0254. The van der Waals surface area contributed by atoms with E-state index in [2.05, 4.69) is 43.4 Å². The first kappa shape index (κ1) is 40.3. The van der Waals surface area contributed by atoms with E-state index in [1.54, 1.807) is 21.1 Å². The summed E-state index contributed by atoms with van der Waals surface area (Å²) in [7, 11) is 1.48. The molecule has 2 aliphatic heterocycles. The number of hydrogen-bond acceptors (Lipinski definition) is 11. The maximum Gasteiger partial charge on any atom is 0.330 e. The molecule has 5 atom stereocenters. The zero-order valence-corrected chi connectivity index (χ0v) is 33.2. The van der Waals surface area contributed by atoms with Crippen LogP contribution in [-0.4, -0.2) is 78.2 Å². The molecular weight excluding hydrogens is 723 g/mol. The van der Waals surface area contributed by atoms with Crippen molar-refractivity contribution in [1.29, 1.82) is 5.26 Å². The number of aromatic amines is 1. The van der Waals surface area contributed by atoms with Crippen LogP contribution in [0, 0.1) is 18.3 Å². The predicted octanol–water partition coefficient (Wildman–Crippen LogP) is 6.20. The van der Waals surface area contributed by atoms with Crippen molar-refractivity contribution in [3.05, 3.63) is 128 Å². The summed E-state index contributed by atoms with van der Waals surface area (Å²) < 4.78 is 48.7. The van der Waals surface area contributed by atoms with Crippen LogP contribution in [0.5, 0.6) is 11.5 Å². The van der Waals surface area contributed by atoms with E-state index in [0.717, 1.165) is 16.7 Å². The standard InChI is InChI=1S/C41H49N4O9P/c1-27(2)45(28(3)4)55(52-23-11-22-42)54-36-35-38(44-24-29(5)37(46)43-39(44)47)53-40(36,25-50-35)26-51-41(30-12-9-8-10-13-30,31-14-18-33(48-6)19-15-31)32-16-20-34(49-7)21-17-32/h8-10,12-21,24,27-28,35-36,38H,11,23,25-26H2,1-7H3,(H,43,46,47)/t35-,36+,38+,40-,55?/m1/s1. The second kappa shape index (κ2) is 17.2. The predicted molar refractivity (Wildman–Crippen MR) is 207 cm³/mol. The maximum atomic E-state index is 13.3. The molecule has 0 spiro atoms. The molecule has 3 heterocycles. The summed E-state index contributed by atoms with van der Waals surface area (Å²) in [6.45, 7) is 10.1. The van der Waals surface area contributed by atoms with Crippen molar-refractivity contribution in [2.24, 2.45) is 0 Å². The van der Waals surface area contributed by atoms with Crippen molar-refractivity contribution >= 4 is 8.53 Å². The maximum absolute atomic E-state index is 13.3. The Labute approximate surface area is 322 Å². The number of ether oxygens (including phenoxy) is 5. The van der Waals surface area contributed by atoms with Gasteiger partial charge in [-0.3, -0.25) is 14.3 Å². The Balaban J connectivity index is 1.49. The van der Waals surface area contributed by atoms with Gasteiger partial charge in [0.05, 0.1) is 46.5 Å². The van der Waals surface area contributed by atoms with Gasteiger partial charge in [-0.2, -0.15) is 5.26 Å². The lowest BCUT2D eigenvalue weighted by molar-refractivity contribution is -0.203. The van der Waals surface area contributed by atoms with E-state index in [0.29, 0.717) is 17.1 Å². The molecule has 14 heteroatoms. The molecule has 6 rings (SSSR count). The number of aromatic nitrogens is 2. The topological polar surface area (TPSA) is 147 Å². The molecule has 1 N–H and O–H groups in total. The largest absolute Gasteiger partial charge is 0.497 e. The van der Waals surface area contributed by atoms with Crippen LogP contribution in [0.1, 0.15) is 62.6 Å². The third kappa shape index (κ3) is 8.00. The molecule has 2 bridgehead atoms.